The van der Waals surface area contributed by atoms with Crippen molar-refractivity contribution in [2.75, 3.05) is 51.9 Å². The Hall–Kier alpha value is -2.82. The first-order valence-corrected chi connectivity index (χ1v) is 13.4. The van der Waals surface area contributed by atoms with Gasteiger partial charge in [-0.2, -0.15) is 4.31 Å². The largest absolute Gasteiger partial charge is 0.497 e. The molecule has 0 amide bonds. The lowest BCUT2D eigenvalue weighted by Crippen LogP contribution is -2.48. The monoisotopic (exact) mass is 503 g/mol. The van der Waals surface area contributed by atoms with Crippen molar-refractivity contribution in [3.63, 3.8) is 0 Å². The zero-order chi connectivity index (χ0) is 24.1. The van der Waals surface area contributed by atoms with Gasteiger partial charge < -0.3 is 19.1 Å². The van der Waals surface area contributed by atoms with E-state index in [1.54, 1.807) is 23.5 Å². The van der Waals surface area contributed by atoms with Gasteiger partial charge in [0, 0.05) is 44.0 Å². The lowest BCUT2D eigenvalue weighted by atomic mass is 10.1. The molecule has 0 saturated carbocycles. The molecule has 1 aliphatic heterocycles. The molecule has 2 aromatic carbocycles. The standard InChI is InChI=1S/C24H29N3O5S2/c1-4-32-20-7-5-18(6-8-20)15-19-17-33-24(25-19)26-11-13-27(14-12-26)34(28,29)23-16-21(30-2)9-10-22(23)31-3/h5-10,16-17H,4,11-15H2,1-3H3. The van der Waals surface area contributed by atoms with Gasteiger partial charge >= 0.3 is 0 Å². The fraction of sp³-hybridized carbons (Fsp3) is 0.375. The third-order valence-electron chi connectivity index (χ3n) is 5.66. The molecular formula is C24H29N3O5S2. The first-order chi connectivity index (χ1) is 16.4. The number of ether oxygens (including phenoxy) is 3. The van der Waals surface area contributed by atoms with Crippen LogP contribution in [0.4, 0.5) is 5.13 Å². The third kappa shape index (κ3) is 5.29. The summed E-state index contributed by atoms with van der Waals surface area (Å²) in [6.45, 7) is 4.50. The van der Waals surface area contributed by atoms with Crippen molar-refractivity contribution in [3.05, 3.63) is 59.1 Å². The topological polar surface area (TPSA) is 81.2 Å². The highest BCUT2D eigenvalue weighted by atomic mass is 32.2. The van der Waals surface area contributed by atoms with Gasteiger partial charge in [0.15, 0.2) is 5.13 Å². The minimum Gasteiger partial charge on any atom is -0.497 e. The van der Waals surface area contributed by atoms with Crippen LogP contribution >= 0.6 is 11.3 Å². The molecule has 3 aromatic rings. The van der Waals surface area contributed by atoms with Gasteiger partial charge in [-0.05, 0) is 36.8 Å². The van der Waals surface area contributed by atoms with Crippen LogP contribution in [0.1, 0.15) is 18.2 Å². The van der Waals surface area contributed by atoms with Crippen LogP contribution in [-0.2, 0) is 16.4 Å². The highest BCUT2D eigenvalue weighted by Crippen LogP contribution is 2.32. The number of sulfonamides is 1. The molecule has 4 rings (SSSR count). The van der Waals surface area contributed by atoms with Crippen LogP contribution in [-0.4, -0.2) is 64.7 Å². The first kappa shape index (κ1) is 24.3. The molecule has 10 heteroatoms. The molecule has 2 heterocycles. The SMILES string of the molecule is CCOc1ccc(Cc2csc(N3CCN(S(=O)(=O)c4cc(OC)ccc4OC)CC3)n2)cc1. The molecule has 0 unspecified atom stereocenters. The Balaban J connectivity index is 1.40. The molecule has 1 fully saturated rings. The summed E-state index contributed by atoms with van der Waals surface area (Å²) in [7, 11) is -0.738. The van der Waals surface area contributed by atoms with Gasteiger partial charge in [-0.3, -0.25) is 0 Å². The predicted molar refractivity (Wildman–Crippen MR) is 133 cm³/mol. The second-order valence-electron chi connectivity index (χ2n) is 7.78. The number of aromatic nitrogens is 1. The molecular weight excluding hydrogens is 474 g/mol. The third-order valence-corrected chi connectivity index (χ3v) is 8.53. The number of nitrogens with zero attached hydrogens (tertiary/aromatic N) is 3. The van der Waals surface area contributed by atoms with Gasteiger partial charge in [-0.25, -0.2) is 13.4 Å². The Morgan fingerprint density at radius 1 is 0.971 bits per heavy atom. The Labute approximate surface area is 204 Å². The number of anilines is 1. The summed E-state index contributed by atoms with van der Waals surface area (Å²) in [5.74, 6) is 1.65. The van der Waals surface area contributed by atoms with E-state index >= 15 is 0 Å². The first-order valence-electron chi connectivity index (χ1n) is 11.1. The molecule has 182 valence electrons. The average molecular weight is 504 g/mol. The molecule has 0 atom stereocenters. The summed E-state index contributed by atoms with van der Waals surface area (Å²) in [4.78, 5) is 7.05. The van der Waals surface area contributed by atoms with Crippen LogP contribution in [0.25, 0.3) is 0 Å². The predicted octanol–water partition coefficient (Wildman–Crippen LogP) is 3.66. The summed E-state index contributed by atoms with van der Waals surface area (Å²) in [5.41, 5.74) is 2.17. The second-order valence-corrected chi connectivity index (χ2v) is 10.5. The molecule has 0 bridgehead atoms. The fourth-order valence-electron chi connectivity index (χ4n) is 3.85. The molecule has 0 aliphatic carbocycles. The Morgan fingerprint density at radius 3 is 2.32 bits per heavy atom. The molecule has 34 heavy (non-hydrogen) atoms. The zero-order valence-electron chi connectivity index (χ0n) is 19.6. The molecule has 1 aromatic heterocycles. The Bertz CT molecular complexity index is 1200. The van der Waals surface area contributed by atoms with Crippen LogP contribution < -0.4 is 19.1 Å². The summed E-state index contributed by atoms with van der Waals surface area (Å²) in [5, 5.41) is 2.98. The molecule has 1 aliphatic rings. The maximum atomic E-state index is 13.3. The highest BCUT2D eigenvalue weighted by molar-refractivity contribution is 7.89. The highest BCUT2D eigenvalue weighted by Gasteiger charge is 2.32. The van der Waals surface area contributed by atoms with E-state index in [2.05, 4.69) is 22.4 Å². The van der Waals surface area contributed by atoms with Crippen molar-refractivity contribution in [2.45, 2.75) is 18.2 Å². The van der Waals surface area contributed by atoms with Crippen molar-refractivity contribution in [3.8, 4) is 17.2 Å². The maximum absolute atomic E-state index is 13.3. The number of thiazole rings is 1. The quantitative estimate of drug-likeness (QED) is 0.441. The van der Waals surface area contributed by atoms with Crippen LogP contribution in [0.2, 0.25) is 0 Å². The van der Waals surface area contributed by atoms with Gasteiger partial charge in [0.2, 0.25) is 10.0 Å². The van der Waals surface area contributed by atoms with E-state index in [9.17, 15) is 8.42 Å². The lowest BCUT2D eigenvalue weighted by molar-refractivity contribution is 0.340. The average Bonchev–Trinajstić information content (AvgIpc) is 3.33. The summed E-state index contributed by atoms with van der Waals surface area (Å²) >= 11 is 1.59. The van der Waals surface area contributed by atoms with Crippen molar-refractivity contribution in [2.24, 2.45) is 0 Å². The van der Waals surface area contributed by atoms with Crippen LogP contribution in [0, 0.1) is 0 Å². The fourth-order valence-corrected chi connectivity index (χ4v) is 6.32. The van der Waals surface area contributed by atoms with Crippen LogP contribution in [0.3, 0.4) is 0 Å². The zero-order valence-corrected chi connectivity index (χ0v) is 21.2. The lowest BCUT2D eigenvalue weighted by Gasteiger charge is -2.34. The van der Waals surface area contributed by atoms with E-state index in [1.165, 1.54) is 30.2 Å². The molecule has 0 spiro atoms. The Kier molecular flexibility index (Phi) is 7.60. The van der Waals surface area contributed by atoms with Crippen LogP contribution in [0.5, 0.6) is 17.2 Å². The normalized spacial score (nSPS) is 14.7. The minimum atomic E-state index is -3.71. The molecule has 8 nitrogen and oxygen atoms in total. The molecule has 1 saturated heterocycles. The maximum Gasteiger partial charge on any atom is 0.247 e. The van der Waals surface area contributed by atoms with Crippen molar-refractivity contribution >= 4 is 26.5 Å². The summed E-state index contributed by atoms with van der Waals surface area (Å²) < 4.78 is 44.1. The minimum absolute atomic E-state index is 0.120. The van der Waals surface area contributed by atoms with E-state index < -0.39 is 10.0 Å². The second kappa shape index (κ2) is 10.6. The van der Waals surface area contributed by atoms with E-state index in [1.807, 2.05) is 19.1 Å². The number of piperazine rings is 1. The number of methoxy groups -OCH3 is 2. The summed E-state index contributed by atoms with van der Waals surface area (Å²) in [6.07, 6.45) is 0.743. The van der Waals surface area contributed by atoms with E-state index in [4.69, 9.17) is 19.2 Å². The molecule has 0 radical (unpaired) electrons. The van der Waals surface area contributed by atoms with E-state index in [0.29, 0.717) is 44.3 Å². The van der Waals surface area contributed by atoms with E-state index in [0.717, 1.165) is 23.0 Å². The van der Waals surface area contributed by atoms with Gasteiger partial charge in [0.05, 0.1) is 26.5 Å². The number of benzene rings is 2. The van der Waals surface area contributed by atoms with Gasteiger partial charge in [0.1, 0.15) is 22.1 Å². The number of hydrogen-bond acceptors (Lipinski definition) is 8. The van der Waals surface area contributed by atoms with Crippen molar-refractivity contribution in [1.82, 2.24) is 9.29 Å². The smallest absolute Gasteiger partial charge is 0.247 e. The Morgan fingerprint density at radius 2 is 1.68 bits per heavy atom. The summed E-state index contributed by atoms with van der Waals surface area (Å²) in [6, 6.07) is 12.9. The van der Waals surface area contributed by atoms with Gasteiger partial charge in [-0.1, -0.05) is 12.1 Å². The number of hydrogen-bond donors (Lipinski definition) is 0. The molecule has 0 N–H and O–H groups in total. The van der Waals surface area contributed by atoms with Crippen molar-refractivity contribution in [1.29, 1.82) is 0 Å². The van der Waals surface area contributed by atoms with Crippen molar-refractivity contribution < 1.29 is 22.6 Å². The van der Waals surface area contributed by atoms with E-state index in [-0.39, 0.29) is 4.90 Å². The van der Waals surface area contributed by atoms with Gasteiger partial charge in [-0.15, -0.1) is 11.3 Å². The number of rotatable bonds is 9. The van der Waals surface area contributed by atoms with Crippen LogP contribution in [0.15, 0.2) is 52.7 Å². The van der Waals surface area contributed by atoms with Gasteiger partial charge in [0.25, 0.3) is 0 Å².